The van der Waals surface area contributed by atoms with E-state index in [1.54, 1.807) is 16.7 Å². The van der Waals surface area contributed by atoms with Crippen LogP contribution < -0.4 is 0 Å². The number of amides is 2. The van der Waals surface area contributed by atoms with Crippen LogP contribution >= 0.6 is 11.8 Å². The lowest BCUT2D eigenvalue weighted by atomic mass is 10.1. The minimum Gasteiger partial charge on any atom is -0.341 e. The van der Waals surface area contributed by atoms with Crippen LogP contribution in [0.3, 0.4) is 0 Å². The molecule has 1 aromatic rings. The first-order chi connectivity index (χ1) is 11.3. The molecular weight excluding hydrogens is 308 g/mol. The van der Waals surface area contributed by atoms with Crippen molar-refractivity contribution in [1.29, 1.82) is 0 Å². The van der Waals surface area contributed by atoms with Crippen molar-refractivity contribution in [1.82, 2.24) is 9.80 Å². The Labute approximate surface area is 142 Å². The van der Waals surface area contributed by atoms with Crippen molar-refractivity contribution in [3.63, 3.8) is 0 Å². The third-order valence-corrected chi connectivity index (χ3v) is 5.62. The van der Waals surface area contributed by atoms with Crippen LogP contribution in [0.25, 0.3) is 0 Å². The van der Waals surface area contributed by atoms with E-state index in [0.717, 1.165) is 44.5 Å². The van der Waals surface area contributed by atoms with E-state index >= 15 is 0 Å². The number of hydrogen-bond donors (Lipinski definition) is 0. The Kier molecular flexibility index (Phi) is 5.60. The molecule has 2 aliphatic rings. The Morgan fingerprint density at radius 3 is 2.61 bits per heavy atom. The predicted octanol–water partition coefficient (Wildman–Crippen LogP) is 2.53. The molecule has 0 N–H and O–H groups in total. The summed E-state index contributed by atoms with van der Waals surface area (Å²) in [5.74, 6) is 1.70. The molecule has 2 aliphatic heterocycles. The summed E-state index contributed by atoms with van der Waals surface area (Å²) in [6.45, 7) is 1.71. The number of thioether (sulfide) groups is 1. The molecule has 2 saturated heterocycles. The second-order valence-electron chi connectivity index (χ2n) is 6.25. The summed E-state index contributed by atoms with van der Waals surface area (Å²) in [5.41, 5.74) is 1.26. The zero-order valence-corrected chi connectivity index (χ0v) is 14.3. The third kappa shape index (κ3) is 4.08. The Morgan fingerprint density at radius 2 is 1.87 bits per heavy atom. The van der Waals surface area contributed by atoms with E-state index in [0.29, 0.717) is 12.3 Å². The van der Waals surface area contributed by atoms with Gasteiger partial charge in [0.2, 0.25) is 11.8 Å². The van der Waals surface area contributed by atoms with Gasteiger partial charge in [-0.2, -0.15) is 0 Å². The van der Waals surface area contributed by atoms with Gasteiger partial charge in [0, 0.05) is 25.3 Å². The van der Waals surface area contributed by atoms with E-state index in [4.69, 9.17) is 0 Å². The zero-order valence-electron chi connectivity index (χ0n) is 13.4. The lowest BCUT2D eigenvalue weighted by molar-refractivity contribution is -0.142. The van der Waals surface area contributed by atoms with Crippen molar-refractivity contribution in [2.24, 2.45) is 0 Å². The van der Waals surface area contributed by atoms with Gasteiger partial charge in [-0.05, 0) is 31.2 Å². The summed E-state index contributed by atoms with van der Waals surface area (Å²) >= 11 is 1.69. The molecule has 1 atom stereocenters. The Balaban J connectivity index is 1.50. The molecule has 0 unspecified atom stereocenters. The minimum absolute atomic E-state index is 0.128. The number of carbonyl (C=O) groups excluding carboxylic acids is 2. The maximum atomic E-state index is 12.6. The van der Waals surface area contributed by atoms with Gasteiger partial charge < -0.3 is 9.80 Å². The number of hydrogen-bond acceptors (Lipinski definition) is 3. The molecule has 0 radical (unpaired) electrons. The van der Waals surface area contributed by atoms with Crippen molar-refractivity contribution in [2.45, 2.75) is 38.1 Å². The van der Waals surface area contributed by atoms with Crippen LogP contribution in [0.4, 0.5) is 0 Å². The fourth-order valence-electron chi connectivity index (χ4n) is 3.27. The normalized spacial score (nSPS) is 21.0. The first kappa shape index (κ1) is 16.4. The molecule has 23 heavy (non-hydrogen) atoms. The molecule has 0 aliphatic carbocycles. The van der Waals surface area contributed by atoms with E-state index in [-0.39, 0.29) is 17.9 Å². The Hall–Kier alpha value is -1.49. The second-order valence-corrected chi connectivity index (χ2v) is 7.25. The highest BCUT2D eigenvalue weighted by Gasteiger charge is 2.37. The Bertz CT molecular complexity index is 543. The third-order valence-electron chi connectivity index (χ3n) is 4.60. The molecule has 4 nitrogen and oxygen atoms in total. The number of carbonyl (C=O) groups is 2. The smallest absolute Gasteiger partial charge is 0.246 e. The van der Waals surface area contributed by atoms with Crippen LogP contribution in [0, 0.1) is 0 Å². The number of benzene rings is 1. The molecule has 124 valence electrons. The minimum atomic E-state index is -0.234. The van der Waals surface area contributed by atoms with Crippen molar-refractivity contribution in [2.75, 3.05) is 24.7 Å². The SMILES string of the molecule is O=C([C@@H]1CSCN1C(=O)CCCc1ccccc1)N1CCCC1. The van der Waals surface area contributed by atoms with Crippen LogP contribution in [0.15, 0.2) is 30.3 Å². The predicted molar refractivity (Wildman–Crippen MR) is 93.2 cm³/mol. The molecule has 0 spiro atoms. The highest BCUT2D eigenvalue weighted by Crippen LogP contribution is 2.25. The standard InChI is InChI=1S/C18H24N2O2S/c21-17(10-6-9-15-7-2-1-3-8-15)20-14-23-13-16(20)18(22)19-11-4-5-12-19/h1-3,7-8,16H,4-6,9-14H2/t16-/m0/s1. The van der Waals surface area contributed by atoms with E-state index in [2.05, 4.69) is 12.1 Å². The average molecular weight is 332 g/mol. The van der Waals surface area contributed by atoms with Crippen molar-refractivity contribution in [3.05, 3.63) is 35.9 Å². The summed E-state index contributed by atoms with van der Waals surface area (Å²) in [6.07, 6.45) is 4.47. The van der Waals surface area contributed by atoms with Crippen LogP contribution in [-0.2, 0) is 16.0 Å². The molecular formula is C18H24N2O2S. The van der Waals surface area contributed by atoms with Gasteiger partial charge in [0.05, 0.1) is 5.88 Å². The van der Waals surface area contributed by atoms with Crippen molar-refractivity contribution >= 4 is 23.6 Å². The van der Waals surface area contributed by atoms with E-state index in [1.165, 1.54) is 5.56 Å². The molecule has 1 aromatic carbocycles. The van der Waals surface area contributed by atoms with Gasteiger partial charge in [-0.1, -0.05) is 30.3 Å². The fraction of sp³-hybridized carbons (Fsp3) is 0.556. The van der Waals surface area contributed by atoms with Crippen molar-refractivity contribution in [3.8, 4) is 0 Å². The van der Waals surface area contributed by atoms with E-state index in [1.807, 2.05) is 23.1 Å². The number of nitrogens with zero attached hydrogens (tertiary/aromatic N) is 2. The maximum absolute atomic E-state index is 12.6. The molecule has 2 amide bonds. The number of aryl methyl sites for hydroxylation is 1. The lowest BCUT2D eigenvalue weighted by Gasteiger charge is -2.27. The van der Waals surface area contributed by atoms with Gasteiger partial charge in [0.15, 0.2) is 0 Å². The first-order valence-electron chi connectivity index (χ1n) is 8.45. The topological polar surface area (TPSA) is 40.6 Å². The van der Waals surface area contributed by atoms with Crippen LogP contribution in [0.1, 0.15) is 31.2 Å². The monoisotopic (exact) mass is 332 g/mol. The van der Waals surface area contributed by atoms with E-state index < -0.39 is 0 Å². The lowest BCUT2D eigenvalue weighted by Crippen LogP contribution is -2.48. The summed E-state index contributed by atoms with van der Waals surface area (Å²) in [7, 11) is 0. The number of likely N-dealkylation sites (tertiary alicyclic amines) is 1. The number of rotatable bonds is 5. The van der Waals surface area contributed by atoms with Gasteiger partial charge in [-0.3, -0.25) is 9.59 Å². The summed E-state index contributed by atoms with van der Waals surface area (Å²) in [6, 6.07) is 10.0. The summed E-state index contributed by atoms with van der Waals surface area (Å²) in [4.78, 5) is 28.8. The molecule has 5 heteroatoms. The maximum Gasteiger partial charge on any atom is 0.246 e. The molecule has 0 saturated carbocycles. The van der Waals surface area contributed by atoms with Gasteiger partial charge in [0.25, 0.3) is 0 Å². The van der Waals surface area contributed by atoms with Gasteiger partial charge >= 0.3 is 0 Å². The quantitative estimate of drug-likeness (QED) is 0.832. The highest BCUT2D eigenvalue weighted by atomic mass is 32.2. The van der Waals surface area contributed by atoms with Crippen molar-refractivity contribution < 1.29 is 9.59 Å². The molecule has 0 bridgehead atoms. The average Bonchev–Trinajstić information content (AvgIpc) is 3.27. The summed E-state index contributed by atoms with van der Waals surface area (Å²) in [5, 5.41) is 0. The zero-order chi connectivity index (χ0) is 16.1. The first-order valence-corrected chi connectivity index (χ1v) is 9.61. The molecule has 2 heterocycles. The van der Waals surface area contributed by atoms with Gasteiger partial charge in [0.1, 0.15) is 6.04 Å². The molecule has 2 fully saturated rings. The van der Waals surface area contributed by atoms with Gasteiger partial charge in [-0.25, -0.2) is 0 Å². The largest absolute Gasteiger partial charge is 0.341 e. The highest BCUT2D eigenvalue weighted by molar-refractivity contribution is 7.99. The second kappa shape index (κ2) is 7.86. The van der Waals surface area contributed by atoms with Crippen LogP contribution in [0.5, 0.6) is 0 Å². The van der Waals surface area contributed by atoms with Crippen LogP contribution in [-0.4, -0.2) is 52.4 Å². The van der Waals surface area contributed by atoms with Crippen LogP contribution in [0.2, 0.25) is 0 Å². The van der Waals surface area contributed by atoms with Gasteiger partial charge in [-0.15, -0.1) is 11.8 Å². The molecule has 3 rings (SSSR count). The summed E-state index contributed by atoms with van der Waals surface area (Å²) < 4.78 is 0. The Morgan fingerprint density at radius 1 is 1.13 bits per heavy atom. The fourth-order valence-corrected chi connectivity index (χ4v) is 4.45. The van der Waals surface area contributed by atoms with E-state index in [9.17, 15) is 9.59 Å². The molecule has 0 aromatic heterocycles.